The molecule has 1 saturated heterocycles. The first-order chi connectivity index (χ1) is 17.1. The summed E-state index contributed by atoms with van der Waals surface area (Å²) in [5, 5.41) is -0.520. The van der Waals surface area contributed by atoms with E-state index in [4.69, 9.17) is 18.9 Å². The zero-order valence-electron chi connectivity index (χ0n) is 18.9. The van der Waals surface area contributed by atoms with E-state index in [-0.39, 0.29) is 6.61 Å². The van der Waals surface area contributed by atoms with E-state index in [2.05, 4.69) is 0 Å². The number of hydrogen-bond donors (Lipinski definition) is 0. The molecule has 180 valence electrons. The first-order valence-corrected chi connectivity index (χ1v) is 11.9. The molecule has 0 N–H and O–H groups in total. The standard InChI is InChI=1S/C27H24O7S/c1-31-27-23(34-26(30)20-15-9-4-10-16-20)22(33-25(29)19-13-7-3-8-14-19)21(35-27)17-32-24(28)18-11-5-2-6-12-18/h2-16,21-23,27H,17H2,1H3/t21-,22-,23-,27-/m1/s1. The van der Waals surface area contributed by atoms with Crippen molar-refractivity contribution < 1.29 is 33.3 Å². The van der Waals surface area contributed by atoms with Crippen LogP contribution in [0, 0.1) is 0 Å². The Morgan fingerprint density at radius 2 is 1.09 bits per heavy atom. The van der Waals surface area contributed by atoms with Crippen molar-refractivity contribution in [2.45, 2.75) is 22.9 Å². The predicted molar refractivity (Wildman–Crippen MR) is 130 cm³/mol. The van der Waals surface area contributed by atoms with Crippen LogP contribution in [0.15, 0.2) is 91.0 Å². The van der Waals surface area contributed by atoms with Gasteiger partial charge in [0.05, 0.1) is 21.9 Å². The Balaban J connectivity index is 1.54. The lowest BCUT2D eigenvalue weighted by Gasteiger charge is -2.25. The summed E-state index contributed by atoms with van der Waals surface area (Å²) in [5.74, 6) is -1.65. The summed E-state index contributed by atoms with van der Waals surface area (Å²) >= 11 is 1.28. The second kappa shape index (κ2) is 11.7. The van der Waals surface area contributed by atoms with E-state index in [0.717, 1.165) is 0 Å². The zero-order valence-corrected chi connectivity index (χ0v) is 19.8. The van der Waals surface area contributed by atoms with Gasteiger partial charge in [-0.25, -0.2) is 14.4 Å². The molecule has 0 aliphatic carbocycles. The van der Waals surface area contributed by atoms with Crippen LogP contribution >= 0.6 is 11.8 Å². The van der Waals surface area contributed by atoms with Gasteiger partial charge < -0.3 is 18.9 Å². The Morgan fingerprint density at radius 3 is 1.54 bits per heavy atom. The number of benzene rings is 3. The van der Waals surface area contributed by atoms with E-state index in [1.54, 1.807) is 91.0 Å². The van der Waals surface area contributed by atoms with Gasteiger partial charge in [-0.05, 0) is 36.4 Å². The van der Waals surface area contributed by atoms with Gasteiger partial charge in [0.25, 0.3) is 0 Å². The van der Waals surface area contributed by atoms with Gasteiger partial charge in [0.1, 0.15) is 12.0 Å². The van der Waals surface area contributed by atoms with Gasteiger partial charge in [0.2, 0.25) is 0 Å². The molecule has 0 amide bonds. The summed E-state index contributed by atoms with van der Waals surface area (Å²) in [7, 11) is 1.48. The van der Waals surface area contributed by atoms with Crippen LogP contribution in [0.3, 0.4) is 0 Å². The van der Waals surface area contributed by atoms with Crippen molar-refractivity contribution in [2.75, 3.05) is 13.7 Å². The molecule has 35 heavy (non-hydrogen) atoms. The van der Waals surface area contributed by atoms with E-state index in [1.807, 2.05) is 0 Å². The molecule has 1 fully saturated rings. The molecular formula is C27H24O7S. The number of hydrogen-bond acceptors (Lipinski definition) is 8. The maximum Gasteiger partial charge on any atom is 0.338 e. The fourth-order valence-corrected chi connectivity index (χ4v) is 4.96. The Bertz CT molecular complexity index is 1140. The van der Waals surface area contributed by atoms with Gasteiger partial charge in [0.15, 0.2) is 12.2 Å². The number of ether oxygens (including phenoxy) is 4. The maximum atomic E-state index is 12.9. The number of carbonyl (C=O) groups excluding carboxylic acids is 3. The monoisotopic (exact) mass is 492 g/mol. The molecule has 3 aromatic rings. The summed E-state index contributed by atoms with van der Waals surface area (Å²) in [5.41, 5.74) is 0.492. The highest BCUT2D eigenvalue weighted by molar-refractivity contribution is 8.00. The Kier molecular flexibility index (Phi) is 8.18. The Hall–Kier alpha value is -3.62. The lowest BCUT2D eigenvalue weighted by atomic mass is 10.1. The molecule has 0 spiro atoms. The fourth-order valence-electron chi connectivity index (χ4n) is 3.63. The molecule has 0 aromatic heterocycles. The third-order valence-corrected chi connectivity index (χ3v) is 6.88. The van der Waals surface area contributed by atoms with Crippen LogP contribution in [0.4, 0.5) is 0 Å². The van der Waals surface area contributed by atoms with Gasteiger partial charge >= 0.3 is 17.9 Å². The Morgan fingerprint density at radius 1 is 0.657 bits per heavy atom. The van der Waals surface area contributed by atoms with Crippen molar-refractivity contribution >= 4 is 29.7 Å². The first-order valence-electron chi connectivity index (χ1n) is 11.0. The van der Waals surface area contributed by atoms with Crippen LogP contribution in [-0.2, 0) is 18.9 Å². The second-order valence-electron chi connectivity index (χ2n) is 7.72. The predicted octanol–water partition coefficient (Wildman–Crippen LogP) is 4.38. The van der Waals surface area contributed by atoms with Gasteiger partial charge in [-0.3, -0.25) is 0 Å². The van der Waals surface area contributed by atoms with Crippen molar-refractivity contribution in [1.82, 2.24) is 0 Å². The van der Waals surface area contributed by atoms with Crippen molar-refractivity contribution in [3.8, 4) is 0 Å². The normalized spacial score (nSPS) is 21.2. The minimum Gasteiger partial charge on any atom is -0.461 e. The number of rotatable bonds is 8. The van der Waals surface area contributed by atoms with Crippen LogP contribution < -0.4 is 0 Å². The topological polar surface area (TPSA) is 88.1 Å². The second-order valence-corrected chi connectivity index (χ2v) is 9.06. The molecule has 1 heterocycles. The van der Waals surface area contributed by atoms with Crippen molar-refractivity contribution in [2.24, 2.45) is 0 Å². The van der Waals surface area contributed by atoms with Crippen LogP contribution in [0.25, 0.3) is 0 Å². The third-order valence-electron chi connectivity index (χ3n) is 5.39. The number of thioether (sulfide) groups is 1. The minimum absolute atomic E-state index is 0.0651. The van der Waals surface area contributed by atoms with Crippen LogP contribution in [-0.4, -0.2) is 54.5 Å². The maximum absolute atomic E-state index is 12.9. The molecule has 7 nitrogen and oxygen atoms in total. The average molecular weight is 493 g/mol. The van der Waals surface area contributed by atoms with Gasteiger partial charge in [-0.1, -0.05) is 54.6 Å². The van der Waals surface area contributed by atoms with E-state index in [0.29, 0.717) is 16.7 Å². The smallest absolute Gasteiger partial charge is 0.338 e. The molecule has 0 saturated carbocycles. The average Bonchev–Trinajstić information content (AvgIpc) is 3.24. The molecule has 0 radical (unpaired) electrons. The summed E-state index contributed by atoms with van der Waals surface area (Å²) < 4.78 is 22.7. The number of carbonyl (C=O) groups is 3. The highest BCUT2D eigenvalue weighted by Gasteiger charge is 2.50. The SMILES string of the molecule is CO[C@@H]1S[C@H](COC(=O)c2ccccc2)[C@@H](OC(=O)c2ccccc2)[C@H]1OC(=O)c1ccccc1. The lowest BCUT2D eigenvalue weighted by molar-refractivity contribution is -0.0625. The quantitative estimate of drug-likeness (QED) is 0.338. The molecule has 8 heteroatoms. The van der Waals surface area contributed by atoms with Gasteiger partial charge in [0, 0.05) is 7.11 Å². The Labute approximate surface area is 207 Å². The van der Waals surface area contributed by atoms with E-state index >= 15 is 0 Å². The molecule has 1 aliphatic heterocycles. The van der Waals surface area contributed by atoms with Gasteiger partial charge in [-0.15, -0.1) is 11.8 Å². The first kappa shape index (κ1) is 24.5. The fraction of sp³-hybridized carbons (Fsp3) is 0.222. The molecule has 0 bridgehead atoms. The van der Waals surface area contributed by atoms with E-state index < -0.39 is 40.8 Å². The minimum atomic E-state index is -0.911. The van der Waals surface area contributed by atoms with E-state index in [1.165, 1.54) is 18.9 Å². The van der Waals surface area contributed by atoms with Crippen molar-refractivity contribution in [3.63, 3.8) is 0 Å². The summed E-state index contributed by atoms with van der Waals surface area (Å²) in [6, 6.07) is 25.6. The molecular weight excluding hydrogens is 468 g/mol. The summed E-state index contributed by atoms with van der Waals surface area (Å²) in [4.78, 5) is 38.2. The van der Waals surface area contributed by atoms with Crippen LogP contribution in [0.2, 0.25) is 0 Å². The van der Waals surface area contributed by atoms with Crippen LogP contribution in [0.5, 0.6) is 0 Å². The van der Waals surface area contributed by atoms with Crippen molar-refractivity contribution in [1.29, 1.82) is 0 Å². The molecule has 1 aliphatic rings. The van der Waals surface area contributed by atoms with E-state index in [9.17, 15) is 14.4 Å². The highest BCUT2D eigenvalue weighted by atomic mass is 32.2. The molecule has 3 aromatic carbocycles. The van der Waals surface area contributed by atoms with Gasteiger partial charge in [-0.2, -0.15) is 0 Å². The summed E-state index contributed by atoms with van der Waals surface area (Å²) in [6.07, 6.45) is -1.82. The number of esters is 3. The third kappa shape index (κ3) is 6.09. The molecule has 4 rings (SSSR count). The zero-order chi connectivity index (χ0) is 24.6. The van der Waals surface area contributed by atoms with Crippen molar-refractivity contribution in [3.05, 3.63) is 108 Å². The largest absolute Gasteiger partial charge is 0.461 e. The highest BCUT2D eigenvalue weighted by Crippen LogP contribution is 2.39. The molecule has 4 atom stereocenters. The number of methoxy groups -OCH3 is 1. The van der Waals surface area contributed by atoms with Crippen LogP contribution in [0.1, 0.15) is 31.1 Å². The summed E-state index contributed by atoms with van der Waals surface area (Å²) in [6.45, 7) is -0.0651. The lowest BCUT2D eigenvalue weighted by Crippen LogP contribution is -2.42. The molecule has 0 unspecified atom stereocenters.